The van der Waals surface area contributed by atoms with Crippen molar-refractivity contribution in [3.8, 4) is 0 Å². The summed E-state index contributed by atoms with van der Waals surface area (Å²) in [4.78, 5) is 24.0. The second kappa shape index (κ2) is 5.66. The van der Waals surface area contributed by atoms with E-state index in [1.807, 2.05) is 24.3 Å². The second-order valence-electron chi connectivity index (χ2n) is 5.36. The summed E-state index contributed by atoms with van der Waals surface area (Å²) in [7, 11) is 0. The lowest BCUT2D eigenvalue weighted by molar-refractivity contribution is -0.138. The van der Waals surface area contributed by atoms with Gasteiger partial charge in [-0.15, -0.1) is 0 Å². The number of hydrogen-bond donors (Lipinski definition) is 1. The highest BCUT2D eigenvalue weighted by Crippen LogP contribution is 2.38. The zero-order valence-electron chi connectivity index (χ0n) is 11.0. The molecule has 1 N–H and O–H groups in total. The number of amides is 2. The number of carbonyl (C=O) groups excluding carboxylic acids is 2. The zero-order valence-corrected chi connectivity index (χ0v) is 12.6. The maximum atomic E-state index is 12.3. The largest absolute Gasteiger partial charge is 0.378 e. The number of imide groups is 1. The minimum absolute atomic E-state index is 0.00832. The van der Waals surface area contributed by atoms with Crippen LogP contribution in [-0.4, -0.2) is 24.5 Å². The van der Waals surface area contributed by atoms with Crippen LogP contribution >= 0.6 is 15.9 Å². The van der Waals surface area contributed by atoms with Crippen LogP contribution in [-0.2, 0) is 14.3 Å². The highest BCUT2D eigenvalue weighted by Gasteiger charge is 2.42. The van der Waals surface area contributed by atoms with Crippen LogP contribution in [0.4, 0.5) is 0 Å². The van der Waals surface area contributed by atoms with Gasteiger partial charge in [0.1, 0.15) is 0 Å². The number of nitrogens with one attached hydrogen (secondary N) is 1. The molecule has 0 spiro atoms. The fourth-order valence-electron chi connectivity index (χ4n) is 3.18. The summed E-state index contributed by atoms with van der Waals surface area (Å²) < 4.78 is 6.66. The number of hydrogen-bond acceptors (Lipinski definition) is 3. The molecule has 0 aliphatic carbocycles. The van der Waals surface area contributed by atoms with Crippen LogP contribution in [0.2, 0.25) is 0 Å². The molecule has 1 aromatic carbocycles. The van der Waals surface area contributed by atoms with Gasteiger partial charge in [0.2, 0.25) is 11.8 Å². The van der Waals surface area contributed by atoms with Gasteiger partial charge >= 0.3 is 0 Å². The number of carbonyl (C=O) groups is 2. The van der Waals surface area contributed by atoms with Crippen molar-refractivity contribution in [2.24, 2.45) is 5.92 Å². The smallest absolute Gasteiger partial charge is 0.234 e. The molecule has 0 saturated carbocycles. The van der Waals surface area contributed by atoms with Gasteiger partial charge in [0.15, 0.2) is 0 Å². The highest BCUT2D eigenvalue weighted by molar-refractivity contribution is 9.10. The Hall–Kier alpha value is -1.20. The maximum absolute atomic E-state index is 12.3. The van der Waals surface area contributed by atoms with E-state index < -0.39 is 0 Å². The van der Waals surface area contributed by atoms with Crippen LogP contribution in [0.25, 0.3) is 0 Å². The van der Waals surface area contributed by atoms with Gasteiger partial charge in [0.25, 0.3) is 0 Å². The van der Waals surface area contributed by atoms with Gasteiger partial charge in [-0.2, -0.15) is 0 Å². The molecule has 0 radical (unpaired) electrons. The molecule has 106 valence electrons. The first-order valence-electron chi connectivity index (χ1n) is 6.86. The predicted molar refractivity (Wildman–Crippen MR) is 77.1 cm³/mol. The van der Waals surface area contributed by atoms with Gasteiger partial charge in [0, 0.05) is 23.4 Å². The molecule has 3 unspecified atom stereocenters. The molecule has 3 rings (SSSR count). The molecular formula is C15H16BrNO3. The molecule has 2 fully saturated rings. The maximum Gasteiger partial charge on any atom is 0.234 e. The van der Waals surface area contributed by atoms with Crippen molar-refractivity contribution in [3.05, 3.63) is 34.3 Å². The van der Waals surface area contributed by atoms with Crippen molar-refractivity contribution in [2.75, 3.05) is 6.61 Å². The lowest BCUT2D eigenvalue weighted by Crippen LogP contribution is -2.47. The minimum Gasteiger partial charge on any atom is -0.378 e. The highest BCUT2D eigenvalue weighted by atomic mass is 79.9. The first-order valence-corrected chi connectivity index (χ1v) is 7.65. The van der Waals surface area contributed by atoms with E-state index in [1.54, 1.807) is 0 Å². The lowest BCUT2D eigenvalue weighted by atomic mass is 9.76. The van der Waals surface area contributed by atoms with Gasteiger partial charge < -0.3 is 4.74 Å². The molecule has 20 heavy (non-hydrogen) atoms. The zero-order chi connectivity index (χ0) is 14.1. The van der Waals surface area contributed by atoms with Crippen molar-refractivity contribution in [1.82, 2.24) is 5.32 Å². The summed E-state index contributed by atoms with van der Waals surface area (Å²) in [6.07, 6.45) is 2.29. The quantitative estimate of drug-likeness (QED) is 0.843. The Balaban J connectivity index is 1.94. The summed E-state index contributed by atoms with van der Waals surface area (Å²) in [6, 6.07) is 7.72. The molecule has 2 aliphatic heterocycles. The Morgan fingerprint density at radius 1 is 1.30 bits per heavy atom. The van der Waals surface area contributed by atoms with Crippen LogP contribution in [0.3, 0.4) is 0 Å². The number of benzene rings is 1. The minimum atomic E-state index is -0.312. The van der Waals surface area contributed by atoms with E-state index >= 15 is 0 Å². The van der Waals surface area contributed by atoms with Crippen molar-refractivity contribution in [2.45, 2.75) is 31.3 Å². The third kappa shape index (κ3) is 2.65. The third-order valence-electron chi connectivity index (χ3n) is 4.04. The Morgan fingerprint density at radius 3 is 2.85 bits per heavy atom. The molecular weight excluding hydrogens is 322 g/mol. The molecule has 2 amide bonds. The van der Waals surface area contributed by atoms with Crippen LogP contribution in [0.5, 0.6) is 0 Å². The van der Waals surface area contributed by atoms with Crippen molar-refractivity contribution in [3.63, 3.8) is 0 Å². The molecule has 0 aromatic heterocycles. The molecule has 0 bridgehead atoms. The number of piperidine rings is 1. The van der Waals surface area contributed by atoms with Crippen molar-refractivity contribution in [1.29, 1.82) is 0 Å². The molecule has 2 heterocycles. The standard InChI is InChI=1S/C15H16BrNO3/c16-10-4-1-3-9(7-10)14-11(12-5-2-6-20-12)8-13(18)17-15(14)19/h1,3-4,7,11-12,14H,2,5-6,8H2,(H,17,18,19). The third-order valence-corrected chi connectivity index (χ3v) is 4.54. The first kappa shape index (κ1) is 13.8. The van der Waals surface area contributed by atoms with E-state index in [0.717, 1.165) is 29.5 Å². The summed E-state index contributed by atoms with van der Waals surface area (Å²) in [5.41, 5.74) is 0.935. The van der Waals surface area contributed by atoms with Gasteiger partial charge in [0.05, 0.1) is 12.0 Å². The fraction of sp³-hybridized carbons (Fsp3) is 0.467. The van der Waals surface area contributed by atoms with E-state index in [4.69, 9.17) is 4.74 Å². The molecule has 1 aromatic rings. The van der Waals surface area contributed by atoms with Gasteiger partial charge in [-0.1, -0.05) is 28.1 Å². The average molecular weight is 338 g/mol. The van der Waals surface area contributed by atoms with E-state index in [9.17, 15) is 9.59 Å². The lowest BCUT2D eigenvalue weighted by Gasteiger charge is -2.33. The average Bonchev–Trinajstić information content (AvgIpc) is 2.91. The van der Waals surface area contributed by atoms with Crippen LogP contribution in [0.1, 0.15) is 30.7 Å². The monoisotopic (exact) mass is 337 g/mol. The SMILES string of the molecule is O=C1CC(C2CCCO2)C(c2cccc(Br)c2)C(=O)N1. The van der Waals surface area contributed by atoms with Crippen LogP contribution in [0.15, 0.2) is 28.7 Å². The molecule has 3 atom stereocenters. The topological polar surface area (TPSA) is 55.4 Å². The summed E-state index contributed by atoms with van der Waals surface area (Å²) in [5, 5.41) is 2.45. The summed E-state index contributed by atoms with van der Waals surface area (Å²) >= 11 is 3.43. The Kier molecular flexibility index (Phi) is 3.89. The molecule has 4 nitrogen and oxygen atoms in total. The predicted octanol–water partition coefficient (Wildman–Crippen LogP) is 2.37. The fourth-order valence-corrected chi connectivity index (χ4v) is 3.59. The van der Waals surface area contributed by atoms with Crippen LogP contribution < -0.4 is 5.32 Å². The van der Waals surface area contributed by atoms with E-state index in [-0.39, 0.29) is 29.8 Å². The Labute approximate surface area is 126 Å². The van der Waals surface area contributed by atoms with Gasteiger partial charge in [-0.25, -0.2) is 0 Å². The second-order valence-corrected chi connectivity index (χ2v) is 6.28. The summed E-state index contributed by atoms with van der Waals surface area (Å²) in [6.45, 7) is 0.724. The normalized spacial score (nSPS) is 30.4. The first-order chi connectivity index (χ1) is 9.65. The number of halogens is 1. The van der Waals surface area contributed by atoms with Gasteiger partial charge in [-0.05, 0) is 30.5 Å². The van der Waals surface area contributed by atoms with E-state index in [2.05, 4.69) is 21.2 Å². The summed E-state index contributed by atoms with van der Waals surface area (Å²) in [5.74, 6) is -0.775. The molecule has 2 aliphatic rings. The van der Waals surface area contributed by atoms with Crippen molar-refractivity contribution < 1.29 is 14.3 Å². The van der Waals surface area contributed by atoms with Crippen molar-refractivity contribution >= 4 is 27.7 Å². The van der Waals surface area contributed by atoms with Crippen LogP contribution in [0, 0.1) is 5.92 Å². The number of rotatable bonds is 2. The van der Waals surface area contributed by atoms with E-state index in [1.165, 1.54) is 0 Å². The molecule has 2 saturated heterocycles. The molecule has 5 heteroatoms. The van der Waals surface area contributed by atoms with E-state index in [0.29, 0.717) is 6.42 Å². The number of ether oxygens (including phenoxy) is 1. The van der Waals surface area contributed by atoms with Gasteiger partial charge in [-0.3, -0.25) is 14.9 Å². The Bertz CT molecular complexity index is 540. The Morgan fingerprint density at radius 2 is 2.15 bits per heavy atom.